The molecule has 1 fully saturated rings. The van der Waals surface area contributed by atoms with E-state index in [1.807, 2.05) is 0 Å². The molecule has 2 rings (SSSR count). The van der Waals surface area contributed by atoms with Gasteiger partial charge in [0.2, 0.25) is 6.29 Å². The van der Waals surface area contributed by atoms with Crippen LogP contribution in [0.3, 0.4) is 0 Å². The number of hydrogen-bond donors (Lipinski definition) is 0. The molecule has 0 radical (unpaired) electrons. The van der Waals surface area contributed by atoms with E-state index in [2.05, 4.69) is 0 Å². The molecule has 1 aliphatic rings. The molecule has 0 aliphatic carbocycles. The summed E-state index contributed by atoms with van der Waals surface area (Å²) >= 11 is 0. The molecule has 0 bridgehead atoms. The third-order valence-electron chi connectivity index (χ3n) is 2.43. The van der Waals surface area contributed by atoms with Crippen LogP contribution < -0.4 is 0 Å². The molecule has 0 saturated carbocycles. The molecule has 2 heterocycles. The number of furan rings is 1. The van der Waals surface area contributed by atoms with E-state index in [9.17, 15) is 4.79 Å². The maximum atomic E-state index is 11.8. The Morgan fingerprint density at radius 1 is 1.38 bits per heavy atom. The fourth-order valence-corrected chi connectivity index (χ4v) is 1.60. The van der Waals surface area contributed by atoms with Gasteiger partial charge in [-0.25, -0.2) is 0 Å². The van der Waals surface area contributed by atoms with Crippen LogP contribution in [-0.4, -0.2) is 38.1 Å². The van der Waals surface area contributed by atoms with Crippen molar-refractivity contribution < 1.29 is 18.7 Å². The quantitative estimate of drug-likeness (QED) is 0.762. The van der Waals surface area contributed by atoms with Crippen molar-refractivity contribution >= 4 is 5.91 Å². The molecule has 0 aromatic carbocycles. The first kappa shape index (κ1) is 11.2. The Morgan fingerprint density at radius 2 is 2.00 bits per heavy atom. The normalized spacial score (nSPS) is 16.7. The summed E-state index contributed by atoms with van der Waals surface area (Å²) in [7, 11) is 3.41. The molecular formula is C11H15NO4. The van der Waals surface area contributed by atoms with Crippen LogP contribution in [-0.2, 0) is 9.47 Å². The number of hydrogen-bond acceptors (Lipinski definition) is 4. The molecule has 88 valence electrons. The number of rotatable bonds is 2. The van der Waals surface area contributed by atoms with Gasteiger partial charge < -0.3 is 18.8 Å². The van der Waals surface area contributed by atoms with Gasteiger partial charge in [-0.2, -0.15) is 0 Å². The minimum Gasteiger partial charge on any atom is -0.460 e. The number of nitrogens with zero attached hydrogens (tertiary/aromatic N) is 1. The number of carbonyl (C=O) groups excluding carboxylic acids is 1. The van der Waals surface area contributed by atoms with E-state index in [0.29, 0.717) is 30.3 Å². The van der Waals surface area contributed by atoms with Crippen molar-refractivity contribution in [3.05, 3.63) is 23.2 Å². The zero-order valence-electron chi connectivity index (χ0n) is 9.65. The summed E-state index contributed by atoms with van der Waals surface area (Å²) in [5.74, 6) is 1.07. The van der Waals surface area contributed by atoms with E-state index < -0.39 is 6.29 Å². The number of carbonyl (C=O) groups is 1. The summed E-state index contributed by atoms with van der Waals surface area (Å²) in [6, 6.07) is 1.69. The van der Waals surface area contributed by atoms with Gasteiger partial charge in [0.25, 0.3) is 5.91 Å². The predicted octanol–water partition coefficient (Wildman–Crippen LogP) is 1.34. The molecule has 0 spiro atoms. The van der Waals surface area contributed by atoms with Gasteiger partial charge in [0.05, 0.1) is 18.8 Å². The van der Waals surface area contributed by atoms with Crippen LogP contribution >= 0.6 is 0 Å². The van der Waals surface area contributed by atoms with Gasteiger partial charge in [-0.1, -0.05) is 0 Å². The van der Waals surface area contributed by atoms with Crippen LogP contribution in [0.15, 0.2) is 10.5 Å². The van der Waals surface area contributed by atoms with Crippen LogP contribution in [0, 0.1) is 6.92 Å². The highest BCUT2D eigenvalue weighted by Gasteiger charge is 2.25. The van der Waals surface area contributed by atoms with Crippen LogP contribution in [0.25, 0.3) is 0 Å². The highest BCUT2D eigenvalue weighted by Crippen LogP contribution is 2.27. The minimum atomic E-state index is -0.470. The summed E-state index contributed by atoms with van der Waals surface area (Å²) in [5, 5.41) is 0. The number of amides is 1. The molecule has 1 aromatic heterocycles. The fourth-order valence-electron chi connectivity index (χ4n) is 1.60. The number of aryl methyl sites for hydroxylation is 1. The average molecular weight is 225 g/mol. The van der Waals surface area contributed by atoms with Gasteiger partial charge in [0.15, 0.2) is 5.76 Å². The van der Waals surface area contributed by atoms with Gasteiger partial charge in [-0.05, 0) is 13.0 Å². The maximum absolute atomic E-state index is 11.8. The highest BCUT2D eigenvalue weighted by molar-refractivity contribution is 5.94. The summed E-state index contributed by atoms with van der Waals surface area (Å²) in [6.07, 6.45) is -0.470. The second-order valence-electron chi connectivity index (χ2n) is 3.89. The van der Waals surface area contributed by atoms with Crippen LogP contribution in [0.1, 0.15) is 28.2 Å². The molecule has 1 aliphatic heterocycles. The van der Waals surface area contributed by atoms with Crippen LogP contribution in [0.4, 0.5) is 0 Å². The first-order valence-electron chi connectivity index (χ1n) is 5.15. The molecule has 16 heavy (non-hydrogen) atoms. The zero-order chi connectivity index (χ0) is 11.7. The Labute approximate surface area is 93.9 Å². The van der Waals surface area contributed by atoms with Crippen molar-refractivity contribution in [1.82, 2.24) is 4.90 Å². The SMILES string of the molecule is Cc1oc(C2OCCO2)cc1C(=O)N(C)C. The summed E-state index contributed by atoms with van der Waals surface area (Å²) in [6.45, 7) is 2.87. The third kappa shape index (κ3) is 1.96. The molecule has 0 atom stereocenters. The van der Waals surface area contributed by atoms with Crippen molar-refractivity contribution in [2.45, 2.75) is 13.2 Å². The molecule has 5 heteroatoms. The Morgan fingerprint density at radius 3 is 2.56 bits per heavy atom. The lowest BCUT2D eigenvalue weighted by molar-refractivity contribution is -0.0592. The van der Waals surface area contributed by atoms with Gasteiger partial charge in [0, 0.05) is 14.1 Å². The van der Waals surface area contributed by atoms with E-state index in [1.165, 1.54) is 4.90 Å². The second kappa shape index (κ2) is 4.27. The standard InChI is InChI=1S/C11H15NO4/c1-7-8(10(13)12(2)3)6-9(16-7)11-14-4-5-15-11/h6,11H,4-5H2,1-3H3. The molecule has 1 saturated heterocycles. The fraction of sp³-hybridized carbons (Fsp3) is 0.545. The van der Waals surface area contributed by atoms with Crippen molar-refractivity contribution in [3.8, 4) is 0 Å². The summed E-state index contributed by atoms with van der Waals surface area (Å²) in [4.78, 5) is 13.3. The van der Waals surface area contributed by atoms with Gasteiger partial charge >= 0.3 is 0 Å². The number of ether oxygens (including phenoxy) is 2. The predicted molar refractivity (Wildman–Crippen MR) is 56.1 cm³/mol. The van der Waals surface area contributed by atoms with Crippen LogP contribution in [0.5, 0.6) is 0 Å². The second-order valence-corrected chi connectivity index (χ2v) is 3.89. The highest BCUT2D eigenvalue weighted by atomic mass is 16.7. The molecule has 5 nitrogen and oxygen atoms in total. The minimum absolute atomic E-state index is 0.0782. The molecular weight excluding hydrogens is 210 g/mol. The Balaban J connectivity index is 2.24. The van der Waals surface area contributed by atoms with Gasteiger partial charge in [-0.3, -0.25) is 4.79 Å². The van der Waals surface area contributed by atoms with Crippen molar-refractivity contribution in [2.75, 3.05) is 27.3 Å². The van der Waals surface area contributed by atoms with Crippen LogP contribution in [0.2, 0.25) is 0 Å². The average Bonchev–Trinajstić information content (AvgIpc) is 2.84. The Kier molecular flexibility index (Phi) is 2.98. The lowest BCUT2D eigenvalue weighted by Gasteiger charge is -2.08. The van der Waals surface area contributed by atoms with E-state index in [1.54, 1.807) is 27.1 Å². The van der Waals surface area contributed by atoms with E-state index >= 15 is 0 Å². The third-order valence-corrected chi connectivity index (χ3v) is 2.43. The van der Waals surface area contributed by atoms with E-state index in [-0.39, 0.29) is 5.91 Å². The first-order valence-corrected chi connectivity index (χ1v) is 5.15. The smallest absolute Gasteiger partial charge is 0.256 e. The van der Waals surface area contributed by atoms with Gasteiger partial charge in [-0.15, -0.1) is 0 Å². The maximum Gasteiger partial charge on any atom is 0.256 e. The monoisotopic (exact) mass is 225 g/mol. The molecule has 0 N–H and O–H groups in total. The largest absolute Gasteiger partial charge is 0.460 e. The Hall–Kier alpha value is -1.33. The van der Waals surface area contributed by atoms with E-state index in [4.69, 9.17) is 13.9 Å². The molecule has 1 amide bonds. The molecule has 1 aromatic rings. The Bertz CT molecular complexity index is 391. The van der Waals surface area contributed by atoms with Crippen molar-refractivity contribution in [1.29, 1.82) is 0 Å². The summed E-state index contributed by atoms with van der Waals surface area (Å²) in [5.41, 5.74) is 0.555. The zero-order valence-corrected chi connectivity index (χ0v) is 9.65. The topological polar surface area (TPSA) is 51.9 Å². The first-order chi connectivity index (χ1) is 7.59. The van der Waals surface area contributed by atoms with E-state index in [0.717, 1.165) is 0 Å². The lowest BCUT2D eigenvalue weighted by atomic mass is 10.2. The summed E-state index contributed by atoms with van der Waals surface area (Å²) < 4.78 is 16.1. The van der Waals surface area contributed by atoms with Crippen molar-refractivity contribution in [2.24, 2.45) is 0 Å². The van der Waals surface area contributed by atoms with Gasteiger partial charge in [0.1, 0.15) is 5.76 Å². The van der Waals surface area contributed by atoms with Crippen molar-refractivity contribution in [3.63, 3.8) is 0 Å². The molecule has 0 unspecified atom stereocenters. The lowest BCUT2D eigenvalue weighted by Crippen LogP contribution is -2.21.